The summed E-state index contributed by atoms with van der Waals surface area (Å²) in [5, 5.41) is 5.62. The fraction of sp³-hybridized carbons (Fsp3) is 0.278. The molecule has 136 valence electrons. The summed E-state index contributed by atoms with van der Waals surface area (Å²) in [5.41, 5.74) is 0.833. The molecule has 0 bridgehead atoms. The van der Waals surface area contributed by atoms with Crippen molar-refractivity contribution in [3.8, 4) is 11.6 Å². The maximum absolute atomic E-state index is 12.5. The quantitative estimate of drug-likeness (QED) is 0.857. The first-order valence-electron chi connectivity index (χ1n) is 8.13. The number of carbonyl (C=O) groups is 2. The highest BCUT2D eigenvalue weighted by molar-refractivity contribution is 6.34. The van der Waals surface area contributed by atoms with Gasteiger partial charge in [-0.05, 0) is 38.1 Å². The number of anilines is 1. The van der Waals surface area contributed by atoms with E-state index in [-0.39, 0.29) is 22.7 Å². The Morgan fingerprint density at radius 2 is 2.15 bits per heavy atom. The third kappa shape index (κ3) is 4.05. The molecule has 7 nitrogen and oxygen atoms in total. The predicted molar refractivity (Wildman–Crippen MR) is 97.2 cm³/mol. The summed E-state index contributed by atoms with van der Waals surface area (Å²) >= 11 is 6.09. The van der Waals surface area contributed by atoms with Gasteiger partial charge in [0.05, 0.1) is 23.2 Å². The fourth-order valence-electron chi connectivity index (χ4n) is 2.41. The third-order valence-electron chi connectivity index (χ3n) is 3.52. The maximum atomic E-state index is 12.5. The van der Waals surface area contributed by atoms with Gasteiger partial charge in [0, 0.05) is 11.8 Å². The Kier molecular flexibility index (Phi) is 5.27. The lowest BCUT2D eigenvalue weighted by atomic mass is 10.1. The molecule has 26 heavy (non-hydrogen) atoms. The monoisotopic (exact) mass is 375 g/mol. The molecule has 0 atom stereocenters. The second-order valence-electron chi connectivity index (χ2n) is 5.92. The van der Waals surface area contributed by atoms with E-state index in [9.17, 15) is 9.59 Å². The molecule has 3 rings (SSSR count). The van der Waals surface area contributed by atoms with Crippen LogP contribution in [0.15, 0.2) is 30.3 Å². The summed E-state index contributed by atoms with van der Waals surface area (Å²) in [5.74, 6) is 0.0296. The molecule has 1 aliphatic heterocycles. The van der Waals surface area contributed by atoms with E-state index in [1.165, 1.54) is 0 Å². The van der Waals surface area contributed by atoms with E-state index in [0.717, 1.165) is 0 Å². The predicted octanol–water partition coefficient (Wildman–Crippen LogP) is 2.90. The van der Waals surface area contributed by atoms with Crippen molar-refractivity contribution in [3.05, 3.63) is 46.6 Å². The molecular formula is C18H18ClN3O4. The van der Waals surface area contributed by atoms with Gasteiger partial charge in [0.1, 0.15) is 12.4 Å². The number of benzene rings is 1. The number of pyridine rings is 1. The fourth-order valence-corrected chi connectivity index (χ4v) is 2.60. The molecule has 0 saturated heterocycles. The van der Waals surface area contributed by atoms with Crippen LogP contribution in [0.3, 0.4) is 0 Å². The van der Waals surface area contributed by atoms with Crippen LogP contribution in [0, 0.1) is 0 Å². The molecule has 0 unspecified atom stereocenters. The molecule has 2 heterocycles. The molecule has 1 aromatic heterocycles. The van der Waals surface area contributed by atoms with E-state index >= 15 is 0 Å². The van der Waals surface area contributed by atoms with Crippen molar-refractivity contribution in [1.29, 1.82) is 0 Å². The van der Waals surface area contributed by atoms with Crippen LogP contribution >= 0.6 is 11.6 Å². The molecule has 0 radical (unpaired) electrons. The highest BCUT2D eigenvalue weighted by Gasteiger charge is 2.19. The van der Waals surface area contributed by atoms with Crippen LogP contribution in [0.25, 0.3) is 0 Å². The molecule has 1 aliphatic rings. The van der Waals surface area contributed by atoms with Crippen molar-refractivity contribution in [2.75, 3.05) is 18.5 Å². The van der Waals surface area contributed by atoms with Gasteiger partial charge in [-0.3, -0.25) is 9.59 Å². The van der Waals surface area contributed by atoms with Gasteiger partial charge in [0.2, 0.25) is 5.88 Å². The highest BCUT2D eigenvalue weighted by atomic mass is 35.5. The van der Waals surface area contributed by atoms with Gasteiger partial charge in [-0.15, -0.1) is 0 Å². The number of hydrogen-bond donors (Lipinski definition) is 2. The minimum Gasteiger partial charge on any atom is -0.491 e. The summed E-state index contributed by atoms with van der Waals surface area (Å²) in [6.07, 6.45) is -0.0809. The number of nitrogens with one attached hydrogen (secondary N) is 2. The standard InChI is InChI=1S/C18H18ClN3O4/c1-10(2)26-15-6-4-13(19)16(22-15)18(24)21-11-3-5-14-12(9-11)17(23)20-7-8-25-14/h3-6,9-10H,7-8H2,1-2H3,(H,20,23)(H,21,24). The average molecular weight is 376 g/mol. The van der Waals surface area contributed by atoms with E-state index in [1.807, 2.05) is 13.8 Å². The Labute approximate surface area is 155 Å². The lowest BCUT2D eigenvalue weighted by Crippen LogP contribution is -2.24. The second-order valence-corrected chi connectivity index (χ2v) is 6.32. The van der Waals surface area contributed by atoms with Crippen molar-refractivity contribution >= 4 is 29.1 Å². The summed E-state index contributed by atoms with van der Waals surface area (Å²) in [6.45, 7) is 4.54. The lowest BCUT2D eigenvalue weighted by Gasteiger charge is -2.12. The number of nitrogens with zero attached hydrogens (tertiary/aromatic N) is 1. The minimum absolute atomic E-state index is 0.0421. The summed E-state index contributed by atoms with van der Waals surface area (Å²) in [7, 11) is 0. The van der Waals surface area contributed by atoms with Crippen LogP contribution in [-0.4, -0.2) is 36.1 Å². The van der Waals surface area contributed by atoms with Gasteiger partial charge in [-0.2, -0.15) is 0 Å². The minimum atomic E-state index is -0.501. The van der Waals surface area contributed by atoms with E-state index < -0.39 is 5.91 Å². The van der Waals surface area contributed by atoms with Crippen LogP contribution in [0.5, 0.6) is 11.6 Å². The summed E-state index contributed by atoms with van der Waals surface area (Å²) in [4.78, 5) is 28.8. The zero-order chi connectivity index (χ0) is 18.7. The number of amides is 2. The number of aromatic nitrogens is 1. The van der Waals surface area contributed by atoms with Gasteiger partial charge in [0.25, 0.3) is 11.8 Å². The number of rotatable bonds is 4. The molecule has 2 amide bonds. The first-order chi connectivity index (χ1) is 12.4. The summed E-state index contributed by atoms with van der Waals surface area (Å²) in [6, 6.07) is 8.00. The maximum Gasteiger partial charge on any atom is 0.275 e. The molecule has 0 fully saturated rings. The first-order valence-corrected chi connectivity index (χ1v) is 8.51. The van der Waals surface area contributed by atoms with Crippen molar-refractivity contribution in [2.24, 2.45) is 0 Å². The lowest BCUT2D eigenvalue weighted by molar-refractivity contribution is 0.0955. The second kappa shape index (κ2) is 7.61. The van der Waals surface area contributed by atoms with Crippen molar-refractivity contribution in [1.82, 2.24) is 10.3 Å². The van der Waals surface area contributed by atoms with Gasteiger partial charge in [0.15, 0.2) is 5.69 Å². The van der Waals surface area contributed by atoms with Gasteiger partial charge < -0.3 is 20.1 Å². The van der Waals surface area contributed by atoms with Crippen LogP contribution < -0.4 is 20.1 Å². The van der Waals surface area contributed by atoms with Crippen LogP contribution in [0.4, 0.5) is 5.69 Å². The number of halogens is 1. The van der Waals surface area contributed by atoms with Gasteiger partial charge in [-0.25, -0.2) is 4.98 Å². The van der Waals surface area contributed by atoms with E-state index in [2.05, 4.69) is 15.6 Å². The zero-order valence-corrected chi connectivity index (χ0v) is 15.1. The normalized spacial score (nSPS) is 13.3. The Bertz CT molecular complexity index is 854. The average Bonchev–Trinajstić information content (AvgIpc) is 2.78. The van der Waals surface area contributed by atoms with Gasteiger partial charge >= 0.3 is 0 Å². The van der Waals surface area contributed by atoms with Crippen LogP contribution in [0.2, 0.25) is 5.02 Å². The van der Waals surface area contributed by atoms with Crippen molar-refractivity contribution in [3.63, 3.8) is 0 Å². The van der Waals surface area contributed by atoms with E-state index in [4.69, 9.17) is 21.1 Å². The highest BCUT2D eigenvalue weighted by Crippen LogP contribution is 2.25. The topological polar surface area (TPSA) is 89.5 Å². The molecule has 8 heteroatoms. The Balaban J connectivity index is 1.83. The molecule has 1 aromatic carbocycles. The zero-order valence-electron chi connectivity index (χ0n) is 14.3. The van der Waals surface area contributed by atoms with Gasteiger partial charge in [-0.1, -0.05) is 11.6 Å². The molecule has 0 spiro atoms. The third-order valence-corrected chi connectivity index (χ3v) is 3.82. The number of ether oxygens (including phenoxy) is 2. The number of fused-ring (bicyclic) bond motifs is 1. The molecular weight excluding hydrogens is 358 g/mol. The Morgan fingerprint density at radius 1 is 1.35 bits per heavy atom. The number of carbonyl (C=O) groups excluding carboxylic acids is 2. The molecule has 0 saturated carbocycles. The first kappa shape index (κ1) is 18.0. The Hall–Kier alpha value is -2.80. The Morgan fingerprint density at radius 3 is 2.92 bits per heavy atom. The SMILES string of the molecule is CC(C)Oc1ccc(Cl)c(C(=O)Nc2ccc3c(c2)C(=O)NCCO3)n1. The summed E-state index contributed by atoms with van der Waals surface area (Å²) < 4.78 is 11.0. The van der Waals surface area contributed by atoms with Crippen molar-refractivity contribution < 1.29 is 19.1 Å². The molecule has 2 N–H and O–H groups in total. The molecule has 0 aliphatic carbocycles. The largest absolute Gasteiger partial charge is 0.491 e. The molecule has 2 aromatic rings. The van der Waals surface area contributed by atoms with Crippen molar-refractivity contribution in [2.45, 2.75) is 20.0 Å². The smallest absolute Gasteiger partial charge is 0.275 e. The van der Waals surface area contributed by atoms with E-state index in [0.29, 0.717) is 36.0 Å². The number of hydrogen-bond acceptors (Lipinski definition) is 5. The van der Waals surface area contributed by atoms with Crippen LogP contribution in [-0.2, 0) is 0 Å². The van der Waals surface area contributed by atoms with E-state index in [1.54, 1.807) is 30.3 Å². The van der Waals surface area contributed by atoms with Crippen LogP contribution in [0.1, 0.15) is 34.7 Å².